The smallest absolute Gasteiger partial charge is 0.332 e. The van der Waals surface area contributed by atoms with Crippen molar-refractivity contribution in [1.29, 1.82) is 0 Å². The molecule has 4 N–H and O–H groups in total. The van der Waals surface area contributed by atoms with E-state index in [2.05, 4.69) is 10.5 Å². The molecule has 96 valence electrons. The Morgan fingerprint density at radius 3 is 2.44 bits per heavy atom. The number of aliphatic carboxylic acids is 1. The van der Waals surface area contributed by atoms with Crippen molar-refractivity contribution in [3.8, 4) is 0 Å². The van der Waals surface area contributed by atoms with Gasteiger partial charge in [-0.1, -0.05) is 30.3 Å². The number of nitrogens with two attached hydrogens (primary N) is 1. The van der Waals surface area contributed by atoms with Gasteiger partial charge >= 0.3 is 12.0 Å². The van der Waals surface area contributed by atoms with E-state index >= 15 is 0 Å². The lowest BCUT2D eigenvalue weighted by molar-refractivity contribution is -0.137. The second-order valence-electron chi connectivity index (χ2n) is 3.65. The first-order chi connectivity index (χ1) is 8.59. The first-order valence-electron chi connectivity index (χ1n) is 5.49. The number of hydrazone groups is 1. The molecule has 0 bridgehead atoms. The van der Waals surface area contributed by atoms with E-state index in [0.717, 1.165) is 5.56 Å². The van der Waals surface area contributed by atoms with Crippen molar-refractivity contribution >= 4 is 17.7 Å². The highest BCUT2D eigenvalue weighted by atomic mass is 16.4. The van der Waals surface area contributed by atoms with E-state index in [9.17, 15) is 9.59 Å². The summed E-state index contributed by atoms with van der Waals surface area (Å²) in [6, 6.07) is 8.46. The second kappa shape index (κ2) is 7.05. The fourth-order valence-electron chi connectivity index (χ4n) is 1.42. The standard InChI is InChI=1S/C12H15N3O3/c13-12(18)15-14-10(7-4-8-11(16)17)9-5-2-1-3-6-9/h1-3,5-6H,4,7-8H2,(H,16,17)(H3,13,15,18)/b14-10+. The van der Waals surface area contributed by atoms with E-state index < -0.39 is 12.0 Å². The minimum absolute atomic E-state index is 0.0580. The van der Waals surface area contributed by atoms with Gasteiger partial charge in [0.15, 0.2) is 0 Å². The topological polar surface area (TPSA) is 105 Å². The summed E-state index contributed by atoms with van der Waals surface area (Å²) in [6.07, 6.45) is 0.961. The molecule has 0 aliphatic heterocycles. The van der Waals surface area contributed by atoms with E-state index in [-0.39, 0.29) is 6.42 Å². The van der Waals surface area contributed by atoms with Gasteiger partial charge in [0.25, 0.3) is 0 Å². The Morgan fingerprint density at radius 2 is 1.89 bits per heavy atom. The van der Waals surface area contributed by atoms with Gasteiger partial charge in [-0.05, 0) is 18.4 Å². The maximum absolute atomic E-state index is 10.6. The number of nitrogens with zero attached hydrogens (tertiary/aromatic N) is 1. The number of urea groups is 1. The summed E-state index contributed by atoms with van der Waals surface area (Å²) >= 11 is 0. The number of carboxylic acids is 1. The van der Waals surface area contributed by atoms with Crippen LogP contribution in [0.3, 0.4) is 0 Å². The zero-order valence-corrected chi connectivity index (χ0v) is 9.80. The molecular weight excluding hydrogens is 234 g/mol. The van der Waals surface area contributed by atoms with Gasteiger partial charge in [0.05, 0.1) is 5.71 Å². The summed E-state index contributed by atoms with van der Waals surface area (Å²) in [7, 11) is 0. The number of hydrogen-bond donors (Lipinski definition) is 3. The predicted molar refractivity (Wildman–Crippen MR) is 67.2 cm³/mol. The largest absolute Gasteiger partial charge is 0.481 e. The van der Waals surface area contributed by atoms with Crippen LogP contribution in [-0.4, -0.2) is 22.8 Å². The van der Waals surface area contributed by atoms with Gasteiger partial charge in [-0.25, -0.2) is 10.2 Å². The number of nitrogens with one attached hydrogen (secondary N) is 1. The van der Waals surface area contributed by atoms with Crippen LogP contribution in [0, 0.1) is 0 Å². The van der Waals surface area contributed by atoms with E-state index in [1.807, 2.05) is 30.3 Å². The summed E-state index contributed by atoms with van der Waals surface area (Å²) in [5.74, 6) is -0.856. The average molecular weight is 249 g/mol. The first kappa shape index (κ1) is 13.7. The highest BCUT2D eigenvalue weighted by Gasteiger charge is 2.05. The lowest BCUT2D eigenvalue weighted by Gasteiger charge is -2.05. The quantitative estimate of drug-likeness (QED) is 0.523. The van der Waals surface area contributed by atoms with Crippen molar-refractivity contribution in [3.63, 3.8) is 0 Å². The third-order valence-electron chi connectivity index (χ3n) is 2.21. The van der Waals surface area contributed by atoms with Crippen LogP contribution >= 0.6 is 0 Å². The van der Waals surface area contributed by atoms with E-state index in [4.69, 9.17) is 10.8 Å². The Kier molecular flexibility index (Phi) is 5.37. The number of carboxylic acid groups (broad SMARTS) is 1. The molecule has 1 aromatic carbocycles. The molecule has 0 atom stereocenters. The van der Waals surface area contributed by atoms with Gasteiger partial charge in [0.1, 0.15) is 0 Å². The highest BCUT2D eigenvalue weighted by molar-refractivity contribution is 6.01. The molecule has 0 aromatic heterocycles. The van der Waals surface area contributed by atoms with Crippen LogP contribution in [-0.2, 0) is 4.79 Å². The predicted octanol–water partition coefficient (Wildman–Crippen LogP) is 1.31. The molecule has 0 aliphatic carbocycles. The zero-order valence-electron chi connectivity index (χ0n) is 9.80. The van der Waals surface area contributed by atoms with Crippen molar-refractivity contribution in [2.24, 2.45) is 10.8 Å². The number of amides is 2. The van der Waals surface area contributed by atoms with Crippen LogP contribution in [0.25, 0.3) is 0 Å². The van der Waals surface area contributed by atoms with E-state index in [1.165, 1.54) is 0 Å². The fourth-order valence-corrected chi connectivity index (χ4v) is 1.42. The monoisotopic (exact) mass is 249 g/mol. The molecule has 0 radical (unpaired) electrons. The highest BCUT2D eigenvalue weighted by Crippen LogP contribution is 2.08. The van der Waals surface area contributed by atoms with Crippen molar-refractivity contribution in [2.45, 2.75) is 19.3 Å². The molecule has 0 unspecified atom stereocenters. The molecule has 0 spiro atoms. The Labute approximate surface area is 104 Å². The Bertz CT molecular complexity index is 443. The van der Waals surface area contributed by atoms with Gasteiger partial charge in [0, 0.05) is 6.42 Å². The third kappa shape index (κ3) is 5.11. The molecule has 0 saturated carbocycles. The van der Waals surface area contributed by atoms with E-state index in [0.29, 0.717) is 18.6 Å². The number of benzene rings is 1. The molecule has 1 rings (SSSR count). The molecular formula is C12H15N3O3. The third-order valence-corrected chi connectivity index (χ3v) is 2.21. The molecule has 18 heavy (non-hydrogen) atoms. The first-order valence-corrected chi connectivity index (χ1v) is 5.49. The molecule has 6 heteroatoms. The molecule has 6 nitrogen and oxygen atoms in total. The van der Waals surface area contributed by atoms with Crippen molar-refractivity contribution in [3.05, 3.63) is 35.9 Å². The van der Waals surface area contributed by atoms with Crippen molar-refractivity contribution < 1.29 is 14.7 Å². The van der Waals surface area contributed by atoms with Gasteiger partial charge in [-0.3, -0.25) is 4.79 Å². The summed E-state index contributed by atoms with van der Waals surface area (Å²) < 4.78 is 0. The summed E-state index contributed by atoms with van der Waals surface area (Å²) in [5.41, 5.74) is 8.54. The molecule has 1 aromatic rings. The van der Waals surface area contributed by atoms with Crippen LogP contribution in [0.1, 0.15) is 24.8 Å². The minimum Gasteiger partial charge on any atom is -0.481 e. The maximum atomic E-state index is 10.6. The number of carbonyl (C=O) groups excluding carboxylic acids is 1. The van der Waals surface area contributed by atoms with Crippen LogP contribution in [0.15, 0.2) is 35.4 Å². The van der Waals surface area contributed by atoms with Gasteiger partial charge in [-0.2, -0.15) is 5.10 Å². The lowest BCUT2D eigenvalue weighted by Crippen LogP contribution is -2.26. The number of carbonyl (C=O) groups is 2. The molecule has 0 heterocycles. The van der Waals surface area contributed by atoms with Gasteiger partial charge in [0.2, 0.25) is 0 Å². The normalized spacial score (nSPS) is 11.0. The molecule has 0 saturated heterocycles. The second-order valence-corrected chi connectivity index (χ2v) is 3.65. The van der Waals surface area contributed by atoms with Crippen molar-refractivity contribution in [2.75, 3.05) is 0 Å². The number of primary amides is 1. The number of rotatable bonds is 6. The average Bonchev–Trinajstić information content (AvgIpc) is 2.34. The maximum Gasteiger partial charge on any atom is 0.332 e. The lowest BCUT2D eigenvalue weighted by atomic mass is 10.0. The van der Waals surface area contributed by atoms with Gasteiger partial charge < -0.3 is 10.8 Å². The van der Waals surface area contributed by atoms with Crippen LogP contribution in [0.2, 0.25) is 0 Å². The Morgan fingerprint density at radius 1 is 1.22 bits per heavy atom. The zero-order chi connectivity index (χ0) is 13.4. The molecule has 0 fully saturated rings. The molecule has 2 amide bonds. The SMILES string of the molecule is NC(=O)N/N=C(\CCCC(=O)O)c1ccccc1. The summed E-state index contributed by atoms with van der Waals surface area (Å²) in [4.78, 5) is 21.1. The summed E-state index contributed by atoms with van der Waals surface area (Å²) in [6.45, 7) is 0. The van der Waals surface area contributed by atoms with E-state index in [1.54, 1.807) is 0 Å². The molecule has 0 aliphatic rings. The Hall–Kier alpha value is -2.37. The van der Waals surface area contributed by atoms with Crippen LogP contribution in [0.4, 0.5) is 4.79 Å². The van der Waals surface area contributed by atoms with Gasteiger partial charge in [-0.15, -0.1) is 0 Å². The Balaban J connectivity index is 2.72. The number of hydrogen-bond acceptors (Lipinski definition) is 3. The van der Waals surface area contributed by atoms with Crippen molar-refractivity contribution in [1.82, 2.24) is 5.43 Å². The fraction of sp³-hybridized carbons (Fsp3) is 0.250. The van der Waals surface area contributed by atoms with Crippen LogP contribution in [0.5, 0.6) is 0 Å². The van der Waals surface area contributed by atoms with Crippen LogP contribution < -0.4 is 11.2 Å². The minimum atomic E-state index is -0.856. The summed E-state index contributed by atoms with van der Waals surface area (Å²) in [5, 5.41) is 12.5.